The highest BCUT2D eigenvalue weighted by molar-refractivity contribution is 5.86. The molecule has 5 heteroatoms. The predicted molar refractivity (Wildman–Crippen MR) is 41.6 cm³/mol. The molecule has 0 spiro atoms. The van der Waals surface area contributed by atoms with Gasteiger partial charge in [-0.25, -0.2) is 4.79 Å². The van der Waals surface area contributed by atoms with Gasteiger partial charge in [-0.3, -0.25) is 0 Å². The lowest BCUT2D eigenvalue weighted by atomic mass is 10.00. The molecule has 1 unspecified atom stereocenters. The first-order valence-electron chi connectivity index (χ1n) is 4.04. The lowest BCUT2D eigenvalue weighted by Gasteiger charge is -2.02. The zero-order valence-corrected chi connectivity index (χ0v) is 6.90. The Hall–Kier alpha value is -1.36. The van der Waals surface area contributed by atoms with Crippen LogP contribution in [0.3, 0.4) is 0 Å². The summed E-state index contributed by atoms with van der Waals surface area (Å²) in [5.74, 6) is -1.01. The van der Waals surface area contributed by atoms with E-state index in [1.165, 1.54) is 6.20 Å². The van der Waals surface area contributed by atoms with Crippen LogP contribution in [-0.2, 0) is 4.74 Å². The van der Waals surface area contributed by atoms with E-state index in [1.807, 2.05) is 0 Å². The summed E-state index contributed by atoms with van der Waals surface area (Å²) in [5.41, 5.74) is 0.644. The maximum Gasteiger partial charge on any atom is 0.375 e. The Balaban J connectivity index is 2.28. The molecule has 1 N–H and O–H groups in total. The van der Waals surface area contributed by atoms with Crippen LogP contribution < -0.4 is 0 Å². The van der Waals surface area contributed by atoms with E-state index in [2.05, 4.69) is 9.68 Å². The van der Waals surface area contributed by atoms with Crippen molar-refractivity contribution in [2.45, 2.75) is 12.3 Å². The molecule has 2 rings (SSSR count). The lowest BCUT2D eigenvalue weighted by Crippen LogP contribution is -2.04. The molecule has 70 valence electrons. The van der Waals surface area contributed by atoms with Crippen molar-refractivity contribution in [2.24, 2.45) is 0 Å². The average Bonchev–Trinajstić information content (AvgIpc) is 2.74. The summed E-state index contributed by atoms with van der Waals surface area (Å²) in [5, 5.41) is 12.2. The van der Waals surface area contributed by atoms with Crippen LogP contribution in [0.4, 0.5) is 0 Å². The van der Waals surface area contributed by atoms with Crippen molar-refractivity contribution < 1.29 is 19.2 Å². The van der Waals surface area contributed by atoms with Crippen molar-refractivity contribution in [1.29, 1.82) is 0 Å². The van der Waals surface area contributed by atoms with Crippen LogP contribution in [0.25, 0.3) is 0 Å². The number of carboxylic acid groups (broad SMARTS) is 1. The van der Waals surface area contributed by atoms with Gasteiger partial charge in [0.25, 0.3) is 0 Å². The summed E-state index contributed by atoms with van der Waals surface area (Å²) in [6.07, 6.45) is 2.30. The number of carbonyl (C=O) groups is 1. The predicted octanol–water partition coefficient (Wildman–Crippen LogP) is 0.877. The van der Waals surface area contributed by atoms with Crippen LogP contribution in [0.1, 0.15) is 28.5 Å². The number of carboxylic acids is 1. The SMILES string of the molecule is O=C(O)c1oncc1C1CCOC1. The lowest BCUT2D eigenvalue weighted by molar-refractivity contribution is 0.0649. The normalized spacial score (nSPS) is 22.0. The Morgan fingerprint density at radius 1 is 1.69 bits per heavy atom. The van der Waals surface area contributed by atoms with Gasteiger partial charge >= 0.3 is 5.97 Å². The third-order valence-corrected chi connectivity index (χ3v) is 2.16. The summed E-state index contributed by atoms with van der Waals surface area (Å²) >= 11 is 0. The minimum Gasteiger partial charge on any atom is -0.475 e. The van der Waals surface area contributed by atoms with E-state index in [0.717, 1.165) is 6.42 Å². The number of aromatic carboxylic acids is 1. The Morgan fingerprint density at radius 3 is 3.15 bits per heavy atom. The van der Waals surface area contributed by atoms with Crippen LogP contribution in [0, 0.1) is 0 Å². The molecule has 0 amide bonds. The summed E-state index contributed by atoms with van der Waals surface area (Å²) < 4.78 is 9.79. The second-order valence-corrected chi connectivity index (χ2v) is 2.98. The molecule has 0 aliphatic carbocycles. The van der Waals surface area contributed by atoms with E-state index in [0.29, 0.717) is 18.8 Å². The number of aromatic nitrogens is 1. The molecule has 0 saturated carbocycles. The van der Waals surface area contributed by atoms with Crippen molar-refractivity contribution in [1.82, 2.24) is 5.16 Å². The van der Waals surface area contributed by atoms with Crippen molar-refractivity contribution >= 4 is 5.97 Å². The summed E-state index contributed by atoms with van der Waals surface area (Å²) in [6.45, 7) is 1.23. The number of ether oxygens (including phenoxy) is 1. The van der Waals surface area contributed by atoms with Crippen molar-refractivity contribution in [2.75, 3.05) is 13.2 Å². The van der Waals surface area contributed by atoms with Gasteiger partial charge in [0.15, 0.2) is 0 Å². The number of hydrogen-bond acceptors (Lipinski definition) is 4. The zero-order chi connectivity index (χ0) is 9.26. The van der Waals surface area contributed by atoms with Gasteiger partial charge in [0, 0.05) is 18.1 Å². The Labute approximate surface area is 74.3 Å². The van der Waals surface area contributed by atoms with E-state index in [-0.39, 0.29) is 11.7 Å². The fraction of sp³-hybridized carbons (Fsp3) is 0.500. The molecule has 5 nitrogen and oxygen atoms in total. The van der Waals surface area contributed by atoms with E-state index in [4.69, 9.17) is 9.84 Å². The Kier molecular flexibility index (Phi) is 2.02. The maximum atomic E-state index is 10.7. The van der Waals surface area contributed by atoms with Gasteiger partial charge in [-0.1, -0.05) is 5.16 Å². The molecular weight excluding hydrogens is 174 g/mol. The molecule has 13 heavy (non-hydrogen) atoms. The maximum absolute atomic E-state index is 10.7. The highest BCUT2D eigenvalue weighted by Crippen LogP contribution is 2.27. The van der Waals surface area contributed by atoms with Gasteiger partial charge in [-0.05, 0) is 6.42 Å². The molecule has 0 aromatic carbocycles. The number of hydrogen-bond donors (Lipinski definition) is 1. The first-order chi connectivity index (χ1) is 6.29. The second kappa shape index (κ2) is 3.18. The van der Waals surface area contributed by atoms with Crippen molar-refractivity contribution in [3.63, 3.8) is 0 Å². The third-order valence-electron chi connectivity index (χ3n) is 2.16. The smallest absolute Gasteiger partial charge is 0.375 e. The first kappa shape index (κ1) is 8.25. The molecular formula is C8H9NO4. The van der Waals surface area contributed by atoms with Gasteiger partial charge in [-0.15, -0.1) is 0 Å². The van der Waals surface area contributed by atoms with Gasteiger partial charge in [-0.2, -0.15) is 0 Å². The average molecular weight is 183 g/mol. The summed E-state index contributed by atoms with van der Waals surface area (Å²) in [4.78, 5) is 10.7. The largest absolute Gasteiger partial charge is 0.475 e. The van der Waals surface area contributed by atoms with Crippen LogP contribution >= 0.6 is 0 Å². The van der Waals surface area contributed by atoms with Crippen molar-refractivity contribution in [3.05, 3.63) is 17.5 Å². The molecule has 1 aromatic heterocycles. The van der Waals surface area contributed by atoms with Crippen LogP contribution in [0.5, 0.6) is 0 Å². The van der Waals surface area contributed by atoms with E-state index >= 15 is 0 Å². The molecule has 1 aliphatic rings. The molecule has 1 atom stereocenters. The fourth-order valence-corrected chi connectivity index (χ4v) is 1.48. The summed E-state index contributed by atoms with van der Waals surface area (Å²) in [6, 6.07) is 0. The highest BCUT2D eigenvalue weighted by atomic mass is 16.5. The van der Waals surface area contributed by atoms with Gasteiger partial charge in [0.2, 0.25) is 5.76 Å². The molecule has 1 fully saturated rings. The molecule has 2 heterocycles. The van der Waals surface area contributed by atoms with E-state index < -0.39 is 5.97 Å². The van der Waals surface area contributed by atoms with E-state index in [1.54, 1.807) is 0 Å². The Bertz CT molecular complexity index is 314. The standard InChI is InChI=1S/C8H9NO4/c10-8(11)7-6(3-9-13-7)5-1-2-12-4-5/h3,5H,1-2,4H2,(H,10,11). The van der Waals surface area contributed by atoms with Gasteiger partial charge < -0.3 is 14.4 Å². The van der Waals surface area contributed by atoms with Gasteiger partial charge in [0.1, 0.15) is 0 Å². The van der Waals surface area contributed by atoms with Gasteiger partial charge in [0.05, 0.1) is 12.8 Å². The minimum absolute atomic E-state index is 0.0597. The molecule has 0 bridgehead atoms. The quantitative estimate of drug-likeness (QED) is 0.736. The number of rotatable bonds is 2. The fourth-order valence-electron chi connectivity index (χ4n) is 1.48. The minimum atomic E-state index is -1.07. The monoisotopic (exact) mass is 183 g/mol. The molecule has 1 aliphatic heterocycles. The molecule has 0 radical (unpaired) electrons. The molecule has 1 aromatic rings. The van der Waals surface area contributed by atoms with Crippen molar-refractivity contribution in [3.8, 4) is 0 Å². The second-order valence-electron chi connectivity index (χ2n) is 2.98. The Morgan fingerprint density at radius 2 is 2.54 bits per heavy atom. The molecule has 1 saturated heterocycles. The first-order valence-corrected chi connectivity index (χ1v) is 4.04. The van der Waals surface area contributed by atoms with E-state index in [9.17, 15) is 4.79 Å². The highest BCUT2D eigenvalue weighted by Gasteiger charge is 2.26. The number of nitrogens with zero attached hydrogens (tertiary/aromatic N) is 1. The third kappa shape index (κ3) is 1.42. The zero-order valence-electron chi connectivity index (χ0n) is 6.90. The topological polar surface area (TPSA) is 72.6 Å². The van der Waals surface area contributed by atoms with Crippen LogP contribution in [0.15, 0.2) is 10.7 Å². The summed E-state index contributed by atoms with van der Waals surface area (Å²) in [7, 11) is 0. The van der Waals surface area contributed by atoms with Crippen LogP contribution in [-0.4, -0.2) is 29.4 Å². The van der Waals surface area contributed by atoms with Crippen LogP contribution in [0.2, 0.25) is 0 Å².